The zero-order valence-corrected chi connectivity index (χ0v) is 11.7. The molecule has 2 nitrogen and oxygen atoms in total. The first kappa shape index (κ1) is 14.4. The highest BCUT2D eigenvalue weighted by Crippen LogP contribution is 2.18. The van der Waals surface area contributed by atoms with E-state index in [4.69, 9.17) is 12.2 Å². The van der Waals surface area contributed by atoms with Crippen LogP contribution in [0.3, 0.4) is 0 Å². The molecule has 0 aromatic heterocycles. The molecule has 1 atom stereocenters. The fourth-order valence-corrected chi connectivity index (χ4v) is 2.07. The maximum Gasteiger partial charge on any atom is 0.171 e. The van der Waals surface area contributed by atoms with Gasteiger partial charge in [0, 0.05) is 0 Å². The molecule has 0 saturated heterocycles. The molecule has 0 unspecified atom stereocenters. The number of rotatable bonds is 3. The third-order valence-electron chi connectivity index (χ3n) is 2.85. The van der Waals surface area contributed by atoms with Gasteiger partial charge < -0.3 is 10.6 Å². The van der Waals surface area contributed by atoms with Crippen LogP contribution in [0.2, 0.25) is 0 Å². The van der Waals surface area contributed by atoms with E-state index >= 15 is 0 Å². The van der Waals surface area contributed by atoms with Crippen molar-refractivity contribution in [3.63, 3.8) is 0 Å². The van der Waals surface area contributed by atoms with Crippen molar-refractivity contribution in [3.8, 4) is 0 Å². The van der Waals surface area contributed by atoms with Crippen molar-refractivity contribution in [3.05, 3.63) is 65.7 Å². The van der Waals surface area contributed by atoms with Gasteiger partial charge in [-0.2, -0.15) is 0 Å². The van der Waals surface area contributed by atoms with Gasteiger partial charge in [0.25, 0.3) is 0 Å². The molecular formula is C15H14F2N2S. The van der Waals surface area contributed by atoms with Crippen LogP contribution in [-0.4, -0.2) is 5.11 Å². The van der Waals surface area contributed by atoms with E-state index in [1.54, 1.807) is 0 Å². The van der Waals surface area contributed by atoms with E-state index in [9.17, 15) is 8.78 Å². The predicted octanol–water partition coefficient (Wildman–Crippen LogP) is 4.01. The van der Waals surface area contributed by atoms with Gasteiger partial charge in [0.05, 0.1) is 6.04 Å². The highest BCUT2D eigenvalue weighted by atomic mass is 32.1. The second kappa shape index (κ2) is 6.43. The molecule has 104 valence electrons. The largest absolute Gasteiger partial charge is 0.356 e. The summed E-state index contributed by atoms with van der Waals surface area (Å²) in [4.78, 5) is 0. The van der Waals surface area contributed by atoms with E-state index in [0.717, 1.165) is 5.56 Å². The lowest BCUT2D eigenvalue weighted by Crippen LogP contribution is -2.31. The number of benzene rings is 2. The van der Waals surface area contributed by atoms with Crippen molar-refractivity contribution >= 4 is 23.0 Å². The molecule has 0 heterocycles. The number of para-hydroxylation sites is 1. The van der Waals surface area contributed by atoms with Gasteiger partial charge >= 0.3 is 0 Å². The fourth-order valence-electron chi connectivity index (χ4n) is 1.79. The minimum absolute atomic E-state index is 0.0639. The molecule has 2 aromatic rings. The van der Waals surface area contributed by atoms with Crippen LogP contribution >= 0.6 is 12.2 Å². The first-order valence-electron chi connectivity index (χ1n) is 6.14. The average Bonchev–Trinajstić information content (AvgIpc) is 2.44. The predicted molar refractivity (Wildman–Crippen MR) is 80.6 cm³/mol. The lowest BCUT2D eigenvalue weighted by Gasteiger charge is -2.17. The minimum Gasteiger partial charge on any atom is -0.356 e. The number of anilines is 1. The molecule has 0 radical (unpaired) electrons. The van der Waals surface area contributed by atoms with Crippen molar-refractivity contribution in [2.24, 2.45) is 0 Å². The van der Waals surface area contributed by atoms with Crippen LogP contribution in [0.15, 0.2) is 48.5 Å². The van der Waals surface area contributed by atoms with Crippen molar-refractivity contribution in [1.29, 1.82) is 0 Å². The molecule has 0 aliphatic carbocycles. The summed E-state index contributed by atoms with van der Waals surface area (Å²) in [6.07, 6.45) is 0. The Morgan fingerprint density at radius 1 is 1.00 bits per heavy atom. The van der Waals surface area contributed by atoms with Gasteiger partial charge in [0.15, 0.2) is 5.11 Å². The van der Waals surface area contributed by atoms with Gasteiger partial charge in [-0.1, -0.05) is 36.4 Å². The van der Waals surface area contributed by atoms with Crippen molar-refractivity contribution in [2.45, 2.75) is 13.0 Å². The maximum atomic E-state index is 13.5. The molecule has 0 bridgehead atoms. The normalized spacial score (nSPS) is 11.8. The van der Waals surface area contributed by atoms with Crippen LogP contribution in [0.5, 0.6) is 0 Å². The number of hydrogen-bond acceptors (Lipinski definition) is 1. The lowest BCUT2D eigenvalue weighted by atomic mass is 10.1. The number of halogens is 2. The van der Waals surface area contributed by atoms with E-state index in [1.165, 1.54) is 18.2 Å². The molecule has 0 spiro atoms. The second-order valence-corrected chi connectivity index (χ2v) is 4.74. The molecule has 0 aliphatic heterocycles. The molecule has 20 heavy (non-hydrogen) atoms. The Balaban J connectivity index is 2.03. The van der Waals surface area contributed by atoms with Crippen LogP contribution in [0.4, 0.5) is 14.5 Å². The molecule has 0 aliphatic rings. The third kappa shape index (κ3) is 3.51. The molecule has 5 heteroatoms. The van der Waals surface area contributed by atoms with Gasteiger partial charge in [0.2, 0.25) is 0 Å². The van der Waals surface area contributed by atoms with E-state index in [0.29, 0.717) is 0 Å². The fraction of sp³-hybridized carbons (Fsp3) is 0.133. The quantitative estimate of drug-likeness (QED) is 0.836. The molecule has 0 saturated carbocycles. The van der Waals surface area contributed by atoms with Crippen molar-refractivity contribution < 1.29 is 8.78 Å². The minimum atomic E-state index is -0.679. The van der Waals surface area contributed by atoms with E-state index < -0.39 is 11.6 Å². The Kier molecular flexibility index (Phi) is 4.63. The highest BCUT2D eigenvalue weighted by Gasteiger charge is 2.11. The third-order valence-corrected chi connectivity index (χ3v) is 3.07. The van der Waals surface area contributed by atoms with E-state index in [1.807, 2.05) is 37.3 Å². The summed E-state index contributed by atoms with van der Waals surface area (Å²) in [6.45, 7) is 1.92. The van der Waals surface area contributed by atoms with Gasteiger partial charge in [-0.05, 0) is 36.8 Å². The number of nitrogens with one attached hydrogen (secondary N) is 2. The maximum absolute atomic E-state index is 13.5. The summed E-state index contributed by atoms with van der Waals surface area (Å²) < 4.78 is 27.0. The average molecular weight is 292 g/mol. The van der Waals surface area contributed by atoms with Crippen LogP contribution in [-0.2, 0) is 0 Å². The standard InChI is InChI=1S/C15H14F2N2S/c1-10(11-6-3-2-4-7-11)18-15(20)19-14-12(16)8-5-9-13(14)17/h2-10H,1H3,(H2,18,19,20)/t10-/m0/s1. The second-order valence-electron chi connectivity index (χ2n) is 4.33. The highest BCUT2D eigenvalue weighted by molar-refractivity contribution is 7.80. The summed E-state index contributed by atoms with van der Waals surface area (Å²) in [6, 6.07) is 13.2. The topological polar surface area (TPSA) is 24.1 Å². The van der Waals surface area contributed by atoms with Gasteiger partial charge in [0.1, 0.15) is 17.3 Å². The zero-order valence-electron chi connectivity index (χ0n) is 10.9. The molecular weight excluding hydrogens is 278 g/mol. The Bertz CT molecular complexity index is 582. The summed E-state index contributed by atoms with van der Waals surface area (Å²) in [7, 11) is 0. The molecule has 0 fully saturated rings. The summed E-state index contributed by atoms with van der Waals surface area (Å²) >= 11 is 5.08. The number of thiocarbonyl (C=S) groups is 1. The zero-order chi connectivity index (χ0) is 14.5. The van der Waals surface area contributed by atoms with Crippen LogP contribution < -0.4 is 10.6 Å². The Morgan fingerprint density at radius 2 is 1.60 bits per heavy atom. The Hall–Kier alpha value is -2.01. The van der Waals surface area contributed by atoms with Gasteiger partial charge in [-0.15, -0.1) is 0 Å². The van der Waals surface area contributed by atoms with Crippen molar-refractivity contribution in [2.75, 3.05) is 5.32 Å². The molecule has 2 rings (SSSR count). The Morgan fingerprint density at radius 3 is 2.20 bits per heavy atom. The molecule has 0 amide bonds. The Labute approximate surface area is 121 Å². The van der Waals surface area contributed by atoms with E-state index in [-0.39, 0.29) is 16.8 Å². The monoisotopic (exact) mass is 292 g/mol. The first-order valence-corrected chi connectivity index (χ1v) is 6.55. The molecule has 2 aromatic carbocycles. The van der Waals surface area contributed by atoms with Crippen LogP contribution in [0.25, 0.3) is 0 Å². The van der Waals surface area contributed by atoms with Crippen LogP contribution in [0, 0.1) is 11.6 Å². The first-order chi connectivity index (χ1) is 9.58. The summed E-state index contributed by atoms with van der Waals surface area (Å²) in [5, 5.41) is 5.71. The van der Waals surface area contributed by atoms with Crippen LogP contribution in [0.1, 0.15) is 18.5 Å². The van der Waals surface area contributed by atoms with Gasteiger partial charge in [-0.25, -0.2) is 8.78 Å². The summed E-state index contributed by atoms with van der Waals surface area (Å²) in [5.74, 6) is -1.36. The SMILES string of the molecule is C[C@H](NC(=S)Nc1c(F)cccc1F)c1ccccc1. The van der Waals surface area contributed by atoms with Gasteiger partial charge in [-0.3, -0.25) is 0 Å². The van der Waals surface area contributed by atoms with E-state index in [2.05, 4.69) is 10.6 Å². The summed E-state index contributed by atoms with van der Waals surface area (Å²) in [5.41, 5.74) is 0.788. The number of hydrogen-bond donors (Lipinski definition) is 2. The lowest BCUT2D eigenvalue weighted by molar-refractivity contribution is 0.590. The molecule has 2 N–H and O–H groups in total. The van der Waals surface area contributed by atoms with Crippen molar-refractivity contribution in [1.82, 2.24) is 5.32 Å². The smallest absolute Gasteiger partial charge is 0.171 e.